The largest absolute Gasteiger partial charge is 0.393 e. The molecule has 1 unspecified atom stereocenters. The minimum absolute atomic E-state index is 0.120. The molecule has 0 aromatic carbocycles. The van der Waals surface area contributed by atoms with Gasteiger partial charge in [0.2, 0.25) is 0 Å². The van der Waals surface area contributed by atoms with Gasteiger partial charge < -0.3 is 9.67 Å². The van der Waals surface area contributed by atoms with Crippen LogP contribution in [0.15, 0.2) is 48.1 Å². The smallest absolute Gasteiger partial charge is 0.0989 e. The van der Waals surface area contributed by atoms with Gasteiger partial charge >= 0.3 is 0 Å². The molecule has 2 fully saturated rings. The Hall–Kier alpha value is -1.61. The SMILES string of the molecule is C[C@]12CCC3[C@@H](CC=C4C[C@@H](O)CC[C@@]43C)C1=CC=C2n1ccnc1. The number of imidazole rings is 1. The first-order valence-corrected chi connectivity index (χ1v) is 9.81. The summed E-state index contributed by atoms with van der Waals surface area (Å²) in [5.74, 6) is 1.38. The minimum atomic E-state index is -0.120. The van der Waals surface area contributed by atoms with Gasteiger partial charge in [-0.3, -0.25) is 0 Å². The third-order valence-electron chi connectivity index (χ3n) is 7.87. The molecule has 4 aliphatic rings. The van der Waals surface area contributed by atoms with E-state index in [0.717, 1.165) is 31.6 Å². The van der Waals surface area contributed by atoms with Crippen molar-refractivity contribution in [3.05, 3.63) is 48.1 Å². The highest BCUT2D eigenvalue weighted by atomic mass is 16.3. The zero-order valence-electron chi connectivity index (χ0n) is 15.3. The van der Waals surface area contributed by atoms with E-state index in [1.54, 1.807) is 5.57 Å². The lowest BCUT2D eigenvalue weighted by atomic mass is 9.49. The van der Waals surface area contributed by atoms with Crippen LogP contribution >= 0.6 is 0 Å². The van der Waals surface area contributed by atoms with Crippen molar-refractivity contribution in [2.75, 3.05) is 0 Å². The zero-order chi connectivity index (χ0) is 17.2. The Morgan fingerprint density at radius 2 is 2.08 bits per heavy atom. The maximum Gasteiger partial charge on any atom is 0.0989 e. The lowest BCUT2D eigenvalue weighted by Crippen LogP contribution is -2.47. The van der Waals surface area contributed by atoms with Crippen LogP contribution in [0.5, 0.6) is 0 Å². The first-order valence-electron chi connectivity index (χ1n) is 9.81. The Bertz CT molecular complexity index is 787. The van der Waals surface area contributed by atoms with Crippen LogP contribution in [0.4, 0.5) is 0 Å². The molecule has 4 aliphatic carbocycles. The van der Waals surface area contributed by atoms with E-state index in [4.69, 9.17) is 0 Å². The van der Waals surface area contributed by atoms with Crippen molar-refractivity contribution >= 4 is 5.70 Å². The van der Waals surface area contributed by atoms with E-state index in [2.05, 4.69) is 47.8 Å². The van der Waals surface area contributed by atoms with Crippen LogP contribution < -0.4 is 0 Å². The fourth-order valence-electron chi connectivity index (χ4n) is 6.40. The van der Waals surface area contributed by atoms with Crippen molar-refractivity contribution in [3.63, 3.8) is 0 Å². The molecule has 0 radical (unpaired) electrons. The summed E-state index contributed by atoms with van der Waals surface area (Å²) in [6.45, 7) is 4.91. The molecule has 3 heteroatoms. The third kappa shape index (κ3) is 2.05. The van der Waals surface area contributed by atoms with E-state index in [1.165, 1.54) is 24.1 Å². The number of allylic oxidation sites excluding steroid dienone is 5. The quantitative estimate of drug-likeness (QED) is 0.762. The normalized spacial score (nSPS) is 42.7. The van der Waals surface area contributed by atoms with Crippen LogP contribution in [0.25, 0.3) is 5.70 Å². The van der Waals surface area contributed by atoms with Crippen molar-refractivity contribution in [3.8, 4) is 0 Å². The average molecular weight is 336 g/mol. The molecule has 132 valence electrons. The van der Waals surface area contributed by atoms with Gasteiger partial charge in [0.05, 0.1) is 12.4 Å². The van der Waals surface area contributed by atoms with Crippen LogP contribution in [0, 0.1) is 22.7 Å². The molecular formula is C22H28N2O. The van der Waals surface area contributed by atoms with Crippen LogP contribution in [-0.2, 0) is 0 Å². The fraction of sp³-hybridized carbons (Fsp3) is 0.591. The first kappa shape index (κ1) is 15.6. The number of hydrogen-bond donors (Lipinski definition) is 1. The van der Waals surface area contributed by atoms with E-state index in [9.17, 15) is 5.11 Å². The Labute approximate surface area is 150 Å². The molecule has 0 aliphatic heterocycles. The molecule has 1 aromatic heterocycles. The van der Waals surface area contributed by atoms with Crippen LogP contribution in [0.2, 0.25) is 0 Å². The van der Waals surface area contributed by atoms with Gasteiger partial charge in [-0.15, -0.1) is 0 Å². The second-order valence-corrected chi connectivity index (χ2v) is 9.01. The molecule has 1 aromatic rings. The van der Waals surface area contributed by atoms with Gasteiger partial charge in [-0.1, -0.05) is 37.1 Å². The first-order chi connectivity index (χ1) is 12.0. The molecular weight excluding hydrogens is 308 g/mol. The molecule has 0 saturated heterocycles. The highest BCUT2D eigenvalue weighted by molar-refractivity contribution is 5.66. The number of hydrogen-bond acceptors (Lipinski definition) is 2. The molecule has 5 atom stereocenters. The third-order valence-corrected chi connectivity index (χ3v) is 7.87. The molecule has 2 saturated carbocycles. The summed E-state index contributed by atoms with van der Waals surface area (Å²) >= 11 is 0. The summed E-state index contributed by atoms with van der Waals surface area (Å²) < 4.78 is 2.20. The molecule has 0 amide bonds. The highest BCUT2D eigenvalue weighted by Gasteiger charge is 2.54. The van der Waals surface area contributed by atoms with E-state index < -0.39 is 0 Å². The maximum absolute atomic E-state index is 10.1. The predicted octanol–water partition coefficient (Wildman–Crippen LogP) is 4.58. The summed E-state index contributed by atoms with van der Waals surface area (Å²) in [7, 11) is 0. The van der Waals surface area contributed by atoms with Crippen molar-refractivity contribution in [1.29, 1.82) is 0 Å². The number of nitrogens with zero attached hydrogens (tertiary/aromatic N) is 2. The Morgan fingerprint density at radius 1 is 1.20 bits per heavy atom. The van der Waals surface area contributed by atoms with E-state index >= 15 is 0 Å². The summed E-state index contributed by atoms with van der Waals surface area (Å²) in [4.78, 5) is 4.25. The van der Waals surface area contributed by atoms with Crippen molar-refractivity contribution in [2.24, 2.45) is 22.7 Å². The van der Waals surface area contributed by atoms with Gasteiger partial charge in [-0.05, 0) is 61.9 Å². The minimum Gasteiger partial charge on any atom is -0.393 e. The number of aliphatic hydroxyl groups is 1. The molecule has 0 bridgehead atoms. The van der Waals surface area contributed by atoms with Gasteiger partial charge in [-0.2, -0.15) is 0 Å². The molecule has 1 heterocycles. The standard InChI is InChI=1S/C22H28N2O/c1-21-9-7-16(25)13-15(21)3-4-17-18-5-6-20(24-12-11-23-14-24)22(18,2)10-8-19(17)21/h3,5-6,11-12,14,16-17,19,25H,4,7-10,13H2,1-2H3/t16-,17-,19?,21-,22-/m0/s1. The number of fused-ring (bicyclic) bond motifs is 5. The highest BCUT2D eigenvalue weighted by Crippen LogP contribution is 2.64. The van der Waals surface area contributed by atoms with Crippen LogP contribution in [0.1, 0.15) is 52.4 Å². The van der Waals surface area contributed by atoms with Crippen LogP contribution in [-0.4, -0.2) is 20.8 Å². The summed E-state index contributed by atoms with van der Waals surface area (Å²) in [6.07, 6.45) is 19.6. The molecule has 0 spiro atoms. The van der Waals surface area contributed by atoms with Crippen molar-refractivity contribution < 1.29 is 5.11 Å². The lowest BCUT2D eigenvalue weighted by molar-refractivity contribution is 0.0364. The van der Waals surface area contributed by atoms with Crippen LogP contribution in [0.3, 0.4) is 0 Å². The summed E-state index contributed by atoms with van der Waals surface area (Å²) in [5.41, 5.74) is 5.00. The second kappa shape index (κ2) is 5.20. The van der Waals surface area contributed by atoms with E-state index in [0.29, 0.717) is 11.3 Å². The van der Waals surface area contributed by atoms with Crippen molar-refractivity contribution in [2.45, 2.75) is 58.5 Å². The van der Waals surface area contributed by atoms with Gasteiger partial charge in [0.1, 0.15) is 0 Å². The maximum atomic E-state index is 10.1. The topological polar surface area (TPSA) is 38.0 Å². The number of aliphatic hydroxyl groups excluding tert-OH is 1. The molecule has 5 rings (SSSR count). The Balaban J connectivity index is 1.50. The molecule has 3 nitrogen and oxygen atoms in total. The monoisotopic (exact) mass is 336 g/mol. The van der Waals surface area contributed by atoms with Gasteiger partial charge in [-0.25, -0.2) is 4.98 Å². The van der Waals surface area contributed by atoms with Crippen molar-refractivity contribution in [1.82, 2.24) is 9.55 Å². The summed E-state index contributed by atoms with van der Waals surface area (Å²) in [5, 5.41) is 10.1. The van der Waals surface area contributed by atoms with Gasteiger partial charge in [0.15, 0.2) is 0 Å². The number of rotatable bonds is 1. The molecule has 25 heavy (non-hydrogen) atoms. The predicted molar refractivity (Wildman–Crippen MR) is 99.6 cm³/mol. The van der Waals surface area contributed by atoms with E-state index in [1.807, 2.05) is 12.5 Å². The summed E-state index contributed by atoms with van der Waals surface area (Å²) in [6, 6.07) is 0. The Morgan fingerprint density at radius 3 is 2.88 bits per heavy atom. The van der Waals surface area contributed by atoms with Gasteiger partial charge in [0, 0.05) is 23.5 Å². The average Bonchev–Trinajstić information content (AvgIpc) is 3.22. The van der Waals surface area contributed by atoms with Gasteiger partial charge in [0.25, 0.3) is 0 Å². The zero-order valence-corrected chi connectivity index (χ0v) is 15.3. The number of aromatic nitrogens is 2. The Kier molecular flexibility index (Phi) is 3.25. The molecule has 1 N–H and O–H groups in total. The van der Waals surface area contributed by atoms with E-state index in [-0.39, 0.29) is 11.5 Å². The second-order valence-electron chi connectivity index (χ2n) is 9.01. The lowest BCUT2D eigenvalue weighted by Gasteiger charge is -2.55. The fourth-order valence-corrected chi connectivity index (χ4v) is 6.40.